The molecule has 0 bridgehead atoms. The Balaban J connectivity index is 2.23. The molecule has 6 nitrogen and oxygen atoms in total. The number of benzene rings is 2. The number of amides is 1. The van der Waals surface area contributed by atoms with Crippen LogP contribution in [-0.4, -0.2) is 33.7 Å². The molecule has 0 radical (unpaired) electrons. The highest BCUT2D eigenvalue weighted by atomic mass is 127. The fraction of sp³-hybridized carbons (Fsp3) is 0.278. The summed E-state index contributed by atoms with van der Waals surface area (Å²) in [5.74, 6) is 0.133. The summed E-state index contributed by atoms with van der Waals surface area (Å²) in [4.78, 5) is 12.4. The van der Waals surface area contributed by atoms with Crippen LogP contribution in [-0.2, 0) is 14.8 Å². The third-order valence-corrected chi connectivity index (χ3v) is 5.38. The van der Waals surface area contributed by atoms with Gasteiger partial charge in [0.1, 0.15) is 12.3 Å². The SMILES string of the molecule is CCOc1cccc(N(CC(=O)Nc2ccc(I)cc2C)S(C)(=O)=O)c1. The third kappa shape index (κ3) is 5.60. The van der Waals surface area contributed by atoms with Crippen LogP contribution in [0.3, 0.4) is 0 Å². The van der Waals surface area contributed by atoms with Crippen molar-refractivity contribution in [1.82, 2.24) is 0 Å². The lowest BCUT2D eigenvalue weighted by Gasteiger charge is -2.22. The summed E-state index contributed by atoms with van der Waals surface area (Å²) in [5, 5.41) is 2.77. The van der Waals surface area contributed by atoms with Crippen LogP contribution < -0.4 is 14.4 Å². The monoisotopic (exact) mass is 488 g/mol. The van der Waals surface area contributed by atoms with Crippen molar-refractivity contribution in [3.05, 3.63) is 51.6 Å². The smallest absolute Gasteiger partial charge is 0.245 e. The Hall–Kier alpha value is -1.81. The average Bonchev–Trinajstić information content (AvgIpc) is 2.55. The number of aryl methyl sites for hydroxylation is 1. The van der Waals surface area contributed by atoms with Gasteiger partial charge in [0.05, 0.1) is 18.6 Å². The first kappa shape index (κ1) is 20.5. The molecule has 2 aromatic rings. The summed E-state index contributed by atoms with van der Waals surface area (Å²) in [6.07, 6.45) is 1.07. The number of carbonyl (C=O) groups excluding carboxylic acids is 1. The molecule has 140 valence electrons. The molecule has 0 aromatic heterocycles. The molecule has 0 saturated heterocycles. The van der Waals surface area contributed by atoms with Crippen LogP contribution in [0.1, 0.15) is 12.5 Å². The second-order valence-corrected chi connectivity index (χ2v) is 8.86. The van der Waals surface area contributed by atoms with Crippen LogP contribution in [0.5, 0.6) is 5.75 Å². The van der Waals surface area contributed by atoms with Crippen molar-refractivity contribution < 1.29 is 17.9 Å². The molecule has 0 aliphatic heterocycles. The number of hydrogen-bond donors (Lipinski definition) is 1. The highest BCUT2D eigenvalue weighted by molar-refractivity contribution is 14.1. The minimum absolute atomic E-state index is 0.320. The van der Waals surface area contributed by atoms with E-state index < -0.39 is 15.9 Å². The molecule has 0 aliphatic rings. The van der Waals surface area contributed by atoms with Gasteiger partial charge in [-0.15, -0.1) is 0 Å². The molecule has 1 N–H and O–H groups in total. The van der Waals surface area contributed by atoms with E-state index in [0.29, 0.717) is 23.7 Å². The summed E-state index contributed by atoms with van der Waals surface area (Å²) in [6, 6.07) is 12.3. The van der Waals surface area contributed by atoms with Gasteiger partial charge in [0.15, 0.2) is 0 Å². The van der Waals surface area contributed by atoms with Crippen molar-refractivity contribution >= 4 is 49.9 Å². The minimum atomic E-state index is -3.64. The molecule has 2 rings (SSSR count). The van der Waals surface area contributed by atoms with Crippen molar-refractivity contribution in [1.29, 1.82) is 0 Å². The fourth-order valence-electron chi connectivity index (χ4n) is 2.38. The van der Waals surface area contributed by atoms with Crippen LogP contribution in [0.4, 0.5) is 11.4 Å². The van der Waals surface area contributed by atoms with Gasteiger partial charge in [-0.1, -0.05) is 6.07 Å². The van der Waals surface area contributed by atoms with Gasteiger partial charge in [-0.25, -0.2) is 8.42 Å². The zero-order chi connectivity index (χ0) is 19.3. The fourth-order valence-corrected chi connectivity index (χ4v) is 3.88. The zero-order valence-corrected chi connectivity index (χ0v) is 17.8. The Kier molecular flexibility index (Phi) is 6.87. The Bertz CT molecular complexity index is 900. The summed E-state index contributed by atoms with van der Waals surface area (Å²) >= 11 is 2.19. The zero-order valence-electron chi connectivity index (χ0n) is 14.8. The molecule has 0 aliphatic carbocycles. The Labute approximate surface area is 167 Å². The molecule has 0 saturated carbocycles. The molecular weight excluding hydrogens is 467 g/mol. The standard InChI is InChI=1S/C18H21IN2O4S/c1-4-25-16-7-5-6-15(11-16)21(26(3,23)24)12-18(22)20-17-9-8-14(19)10-13(17)2/h5-11H,4,12H2,1-3H3,(H,20,22). The largest absolute Gasteiger partial charge is 0.494 e. The number of nitrogens with zero attached hydrogens (tertiary/aromatic N) is 1. The van der Waals surface area contributed by atoms with E-state index in [0.717, 1.165) is 19.7 Å². The lowest BCUT2D eigenvalue weighted by molar-refractivity contribution is -0.114. The second kappa shape index (κ2) is 8.72. The first-order valence-corrected chi connectivity index (χ1v) is 10.9. The molecule has 0 spiro atoms. The van der Waals surface area contributed by atoms with Crippen LogP contribution in [0, 0.1) is 10.5 Å². The van der Waals surface area contributed by atoms with Crippen LogP contribution in [0.25, 0.3) is 0 Å². The quantitative estimate of drug-likeness (QED) is 0.607. The van der Waals surface area contributed by atoms with Gasteiger partial charge in [-0.05, 0) is 72.3 Å². The summed E-state index contributed by atoms with van der Waals surface area (Å²) in [6.45, 7) is 3.88. The number of rotatable bonds is 7. The Morgan fingerprint density at radius 2 is 1.96 bits per heavy atom. The number of hydrogen-bond acceptors (Lipinski definition) is 4. The number of nitrogens with one attached hydrogen (secondary N) is 1. The Morgan fingerprint density at radius 1 is 1.23 bits per heavy atom. The van der Waals surface area contributed by atoms with Crippen molar-refractivity contribution in [3.8, 4) is 5.75 Å². The molecule has 0 fully saturated rings. The maximum Gasteiger partial charge on any atom is 0.245 e. The van der Waals surface area contributed by atoms with E-state index in [4.69, 9.17) is 4.74 Å². The normalized spacial score (nSPS) is 11.1. The molecular formula is C18H21IN2O4S. The van der Waals surface area contributed by atoms with Crippen LogP contribution in [0.2, 0.25) is 0 Å². The van der Waals surface area contributed by atoms with Gasteiger partial charge < -0.3 is 10.1 Å². The minimum Gasteiger partial charge on any atom is -0.494 e. The van der Waals surface area contributed by atoms with Crippen molar-refractivity contribution in [3.63, 3.8) is 0 Å². The molecule has 1 amide bonds. The van der Waals surface area contributed by atoms with E-state index in [1.807, 2.05) is 26.0 Å². The van der Waals surface area contributed by atoms with E-state index in [9.17, 15) is 13.2 Å². The lowest BCUT2D eigenvalue weighted by Crippen LogP contribution is -2.37. The molecule has 8 heteroatoms. The topological polar surface area (TPSA) is 75.7 Å². The van der Waals surface area contributed by atoms with Crippen molar-refractivity contribution in [2.75, 3.05) is 29.0 Å². The number of sulfonamides is 1. The van der Waals surface area contributed by atoms with Gasteiger partial charge in [0, 0.05) is 15.3 Å². The maximum atomic E-state index is 12.4. The maximum absolute atomic E-state index is 12.4. The molecule has 2 aromatic carbocycles. The van der Waals surface area contributed by atoms with E-state index in [1.54, 1.807) is 30.3 Å². The van der Waals surface area contributed by atoms with Gasteiger partial charge in [-0.2, -0.15) is 0 Å². The number of anilines is 2. The van der Waals surface area contributed by atoms with Gasteiger partial charge >= 0.3 is 0 Å². The van der Waals surface area contributed by atoms with Gasteiger partial charge in [-0.3, -0.25) is 9.10 Å². The highest BCUT2D eigenvalue weighted by Crippen LogP contribution is 2.24. The Morgan fingerprint density at radius 3 is 2.58 bits per heavy atom. The van der Waals surface area contributed by atoms with E-state index in [2.05, 4.69) is 27.9 Å². The predicted molar refractivity (Wildman–Crippen MR) is 112 cm³/mol. The molecule has 0 atom stereocenters. The summed E-state index contributed by atoms with van der Waals surface area (Å²) in [7, 11) is -3.64. The van der Waals surface area contributed by atoms with Crippen molar-refractivity contribution in [2.45, 2.75) is 13.8 Å². The third-order valence-electron chi connectivity index (χ3n) is 3.57. The first-order chi connectivity index (χ1) is 12.2. The van der Waals surface area contributed by atoms with Crippen LogP contribution in [0.15, 0.2) is 42.5 Å². The van der Waals surface area contributed by atoms with E-state index in [-0.39, 0.29) is 6.54 Å². The van der Waals surface area contributed by atoms with E-state index in [1.165, 1.54) is 0 Å². The summed E-state index contributed by atoms with van der Waals surface area (Å²) < 4.78 is 31.9. The van der Waals surface area contributed by atoms with Crippen LogP contribution >= 0.6 is 22.6 Å². The number of halogens is 1. The number of ether oxygens (including phenoxy) is 1. The molecule has 0 unspecified atom stereocenters. The predicted octanol–water partition coefficient (Wildman–Crippen LogP) is 3.40. The molecule has 26 heavy (non-hydrogen) atoms. The number of carbonyl (C=O) groups is 1. The lowest BCUT2D eigenvalue weighted by atomic mass is 10.2. The highest BCUT2D eigenvalue weighted by Gasteiger charge is 2.21. The van der Waals surface area contributed by atoms with Gasteiger partial charge in [0.2, 0.25) is 15.9 Å². The average molecular weight is 488 g/mol. The first-order valence-electron chi connectivity index (χ1n) is 7.97. The van der Waals surface area contributed by atoms with Crippen molar-refractivity contribution in [2.24, 2.45) is 0 Å². The summed E-state index contributed by atoms with van der Waals surface area (Å²) in [5.41, 5.74) is 1.95. The molecule has 0 heterocycles. The van der Waals surface area contributed by atoms with E-state index >= 15 is 0 Å². The second-order valence-electron chi connectivity index (χ2n) is 5.71. The van der Waals surface area contributed by atoms with Gasteiger partial charge in [0.25, 0.3) is 0 Å².